The van der Waals surface area contributed by atoms with Crippen molar-refractivity contribution in [3.63, 3.8) is 0 Å². The van der Waals surface area contributed by atoms with E-state index in [2.05, 4.69) is 21.6 Å². The molecular weight excluding hydrogens is 484 g/mol. The molecule has 5 heteroatoms. The normalized spacial score (nSPS) is 22.7. The number of nitrogens with zero attached hydrogens (tertiary/aromatic N) is 2. The van der Waals surface area contributed by atoms with Crippen molar-refractivity contribution in [2.24, 2.45) is 5.92 Å². The maximum absolute atomic E-state index is 13.4. The summed E-state index contributed by atoms with van der Waals surface area (Å²) >= 11 is 0. The fraction of sp³-hybridized carbons (Fsp3) is 0.412. The molecule has 3 aromatic rings. The lowest BCUT2D eigenvalue weighted by molar-refractivity contribution is 0.0807. The summed E-state index contributed by atoms with van der Waals surface area (Å²) in [5.74, 6) is 1.67. The molecule has 0 spiro atoms. The second kappa shape index (κ2) is 11.4. The largest absolute Gasteiger partial charge is 0.495 e. The molecule has 1 aliphatic carbocycles. The minimum atomic E-state index is 0.0909. The molecule has 0 N–H and O–H groups in total. The molecule has 2 fully saturated rings. The van der Waals surface area contributed by atoms with Crippen LogP contribution in [0.3, 0.4) is 0 Å². The molecule has 39 heavy (non-hydrogen) atoms. The highest BCUT2D eigenvalue weighted by atomic mass is 16.5. The molecule has 2 bridgehead atoms. The zero-order valence-electron chi connectivity index (χ0n) is 22.9. The van der Waals surface area contributed by atoms with Crippen molar-refractivity contribution in [3.05, 3.63) is 89.7 Å². The van der Waals surface area contributed by atoms with E-state index in [1.165, 1.54) is 12.8 Å². The monoisotopic (exact) mass is 522 g/mol. The molecule has 6 rings (SSSR count). The molecule has 2 aromatic carbocycles. The van der Waals surface area contributed by atoms with Gasteiger partial charge in [-0.25, -0.2) is 0 Å². The maximum Gasteiger partial charge on any atom is 0.194 e. The van der Waals surface area contributed by atoms with E-state index < -0.39 is 0 Å². The minimum Gasteiger partial charge on any atom is -0.495 e. The zero-order chi connectivity index (χ0) is 26.8. The highest BCUT2D eigenvalue weighted by Gasteiger charge is 2.40. The fourth-order valence-electron chi connectivity index (χ4n) is 7.13. The molecule has 0 amide bonds. The van der Waals surface area contributed by atoms with Crippen molar-refractivity contribution in [2.75, 3.05) is 13.7 Å². The van der Waals surface area contributed by atoms with Crippen LogP contribution in [0.5, 0.6) is 5.75 Å². The summed E-state index contributed by atoms with van der Waals surface area (Å²) in [6.07, 6.45) is 16.4. The van der Waals surface area contributed by atoms with Crippen molar-refractivity contribution < 1.29 is 14.3 Å². The molecule has 2 aliphatic heterocycles. The van der Waals surface area contributed by atoms with Gasteiger partial charge in [-0.2, -0.15) is 0 Å². The highest BCUT2D eigenvalue weighted by Crippen LogP contribution is 2.40. The van der Waals surface area contributed by atoms with E-state index in [1.54, 1.807) is 7.11 Å². The van der Waals surface area contributed by atoms with Crippen LogP contribution < -0.4 is 4.74 Å². The Morgan fingerprint density at radius 3 is 2.46 bits per heavy atom. The first kappa shape index (κ1) is 25.8. The van der Waals surface area contributed by atoms with E-state index in [-0.39, 0.29) is 11.6 Å². The molecular formula is C34H38N2O3. The van der Waals surface area contributed by atoms with Gasteiger partial charge in [0.15, 0.2) is 11.6 Å². The second-order valence-electron chi connectivity index (χ2n) is 11.4. The summed E-state index contributed by atoms with van der Waals surface area (Å²) < 4.78 is 7.95. The number of rotatable bonds is 10. The highest BCUT2D eigenvalue weighted by molar-refractivity contribution is 6.18. The molecule has 0 saturated carbocycles. The molecule has 2 atom stereocenters. The van der Waals surface area contributed by atoms with Gasteiger partial charge in [0.2, 0.25) is 0 Å². The number of para-hydroxylation sites is 1. The third kappa shape index (κ3) is 5.25. The zero-order valence-corrected chi connectivity index (χ0v) is 22.9. The number of carbonyl (C=O) groups excluding carboxylic acids is 2. The van der Waals surface area contributed by atoms with Crippen molar-refractivity contribution in [1.29, 1.82) is 0 Å². The number of fused-ring (bicyclic) bond motifs is 3. The molecule has 1 aromatic heterocycles. The van der Waals surface area contributed by atoms with Crippen LogP contribution in [0.15, 0.2) is 78.5 Å². The number of Topliss-reactive ketones (excluding diaryl/α,β-unsaturated/α-hetero) is 2. The van der Waals surface area contributed by atoms with E-state index >= 15 is 0 Å². The van der Waals surface area contributed by atoms with Crippen LogP contribution in [0.4, 0.5) is 0 Å². The van der Waals surface area contributed by atoms with E-state index in [1.807, 2.05) is 60.8 Å². The number of ether oxygens (including phenoxy) is 1. The Labute approximate surface area is 231 Å². The Balaban J connectivity index is 1.13. The number of aromatic nitrogens is 1. The first-order chi connectivity index (χ1) is 19.1. The van der Waals surface area contributed by atoms with Crippen LogP contribution in [0.2, 0.25) is 0 Å². The SMILES string of the molecule is COc1cccc2c(C(=O)C3=CCCC=C3)cn(CCCN3C4CCC3CC(CC(=O)c3ccccc3)C4)c12. The number of carbonyl (C=O) groups is 2. The van der Waals surface area contributed by atoms with Crippen molar-refractivity contribution in [2.45, 2.75) is 70.0 Å². The van der Waals surface area contributed by atoms with Crippen molar-refractivity contribution >= 4 is 22.5 Å². The Kier molecular flexibility index (Phi) is 7.51. The predicted octanol–water partition coefficient (Wildman–Crippen LogP) is 7.02. The smallest absolute Gasteiger partial charge is 0.194 e. The summed E-state index contributed by atoms with van der Waals surface area (Å²) in [6, 6.07) is 16.9. The lowest BCUT2D eigenvalue weighted by Gasteiger charge is -2.39. The Bertz CT molecular complexity index is 1400. The van der Waals surface area contributed by atoms with Gasteiger partial charge in [0.1, 0.15) is 5.75 Å². The molecule has 5 nitrogen and oxygen atoms in total. The first-order valence-corrected chi connectivity index (χ1v) is 14.5. The van der Waals surface area contributed by atoms with Gasteiger partial charge >= 0.3 is 0 Å². The van der Waals surface area contributed by atoms with Crippen LogP contribution in [-0.2, 0) is 6.54 Å². The topological polar surface area (TPSA) is 51.5 Å². The van der Waals surface area contributed by atoms with Gasteiger partial charge < -0.3 is 9.30 Å². The quantitative estimate of drug-likeness (QED) is 0.269. The second-order valence-corrected chi connectivity index (χ2v) is 11.4. The van der Waals surface area contributed by atoms with Gasteiger partial charge in [-0.05, 0) is 56.9 Å². The number of piperidine rings is 1. The third-order valence-corrected chi connectivity index (χ3v) is 8.95. The van der Waals surface area contributed by atoms with Gasteiger partial charge in [-0.1, -0.05) is 60.7 Å². The molecule has 202 valence electrons. The van der Waals surface area contributed by atoms with Crippen LogP contribution in [0.1, 0.15) is 72.1 Å². The third-order valence-electron chi connectivity index (χ3n) is 8.95. The van der Waals surface area contributed by atoms with Crippen molar-refractivity contribution in [3.8, 4) is 5.75 Å². The standard InChI is InChI=1S/C34H38N2O3/c1-39-32-15-8-14-29-30(34(38)26-12-6-3-7-13-26)23-35(33(29)32)18-9-19-36-27-16-17-28(36)21-24(20-27)22-31(37)25-10-4-2-5-11-25/h2,4-6,8,10-15,23-24,27-28H,3,7,9,16-22H2,1H3. The fourth-order valence-corrected chi connectivity index (χ4v) is 7.13. The Hall–Kier alpha value is -3.44. The number of allylic oxidation sites excluding steroid dienone is 4. The lowest BCUT2D eigenvalue weighted by atomic mass is 9.85. The number of methoxy groups -OCH3 is 1. The number of hydrogen-bond acceptors (Lipinski definition) is 4. The molecule has 2 unspecified atom stereocenters. The Morgan fingerprint density at radius 1 is 0.949 bits per heavy atom. The predicted molar refractivity (Wildman–Crippen MR) is 156 cm³/mol. The van der Waals surface area contributed by atoms with Gasteiger partial charge in [-0.15, -0.1) is 0 Å². The molecule has 2 saturated heterocycles. The van der Waals surface area contributed by atoms with E-state index in [4.69, 9.17) is 4.74 Å². The van der Waals surface area contributed by atoms with E-state index in [0.29, 0.717) is 24.4 Å². The van der Waals surface area contributed by atoms with Gasteiger partial charge in [-0.3, -0.25) is 14.5 Å². The summed E-state index contributed by atoms with van der Waals surface area (Å²) in [5, 5.41) is 0.961. The van der Waals surface area contributed by atoms with Crippen LogP contribution in [0.25, 0.3) is 10.9 Å². The van der Waals surface area contributed by atoms with Crippen LogP contribution in [0, 0.1) is 5.92 Å². The summed E-state index contributed by atoms with van der Waals surface area (Å²) in [6.45, 7) is 1.88. The van der Waals surface area contributed by atoms with E-state index in [0.717, 1.165) is 78.5 Å². The molecule has 0 radical (unpaired) electrons. The number of hydrogen-bond donors (Lipinski definition) is 0. The average Bonchev–Trinajstić information content (AvgIpc) is 3.46. The van der Waals surface area contributed by atoms with Crippen molar-refractivity contribution in [1.82, 2.24) is 9.47 Å². The lowest BCUT2D eigenvalue weighted by Crippen LogP contribution is -2.43. The van der Waals surface area contributed by atoms with Crippen LogP contribution >= 0.6 is 0 Å². The first-order valence-electron chi connectivity index (χ1n) is 14.5. The average molecular weight is 523 g/mol. The van der Waals surface area contributed by atoms with E-state index in [9.17, 15) is 9.59 Å². The summed E-state index contributed by atoms with van der Waals surface area (Å²) in [7, 11) is 1.70. The van der Waals surface area contributed by atoms with Gasteiger partial charge in [0.25, 0.3) is 0 Å². The minimum absolute atomic E-state index is 0.0909. The van der Waals surface area contributed by atoms with Gasteiger partial charge in [0.05, 0.1) is 12.6 Å². The molecule has 3 aliphatic rings. The van der Waals surface area contributed by atoms with Gasteiger partial charge in [0, 0.05) is 59.9 Å². The Morgan fingerprint density at radius 2 is 1.74 bits per heavy atom. The summed E-state index contributed by atoms with van der Waals surface area (Å²) in [5.41, 5.74) is 3.39. The summed E-state index contributed by atoms with van der Waals surface area (Å²) in [4.78, 5) is 28.9. The van der Waals surface area contributed by atoms with Crippen LogP contribution in [-0.4, -0.2) is 46.8 Å². The maximum atomic E-state index is 13.4. The number of benzene rings is 2. The molecule has 3 heterocycles. The number of ketones is 2. The number of aryl methyl sites for hydroxylation is 1.